The second-order valence-corrected chi connectivity index (χ2v) is 6.21. The van der Waals surface area contributed by atoms with Gasteiger partial charge in [-0.05, 0) is 54.6 Å². The van der Waals surface area contributed by atoms with E-state index in [2.05, 4.69) is 5.32 Å². The molecule has 0 bridgehead atoms. The largest absolute Gasteiger partial charge is 0.457 e. The molecule has 0 aliphatic carbocycles. The van der Waals surface area contributed by atoms with Gasteiger partial charge in [-0.25, -0.2) is 0 Å². The highest BCUT2D eigenvalue weighted by Gasteiger charge is 2.04. The Morgan fingerprint density at radius 3 is 2.08 bits per heavy atom. The van der Waals surface area contributed by atoms with Crippen LogP contribution >= 0.6 is 23.2 Å². The second-order valence-electron chi connectivity index (χ2n) is 5.40. The number of halogens is 2. The highest BCUT2D eigenvalue weighted by molar-refractivity contribution is 6.37. The summed E-state index contributed by atoms with van der Waals surface area (Å²) in [4.78, 5) is 12.1. The Labute approximate surface area is 161 Å². The van der Waals surface area contributed by atoms with E-state index in [1.54, 1.807) is 48.5 Å². The van der Waals surface area contributed by atoms with Crippen molar-refractivity contribution >= 4 is 40.9 Å². The van der Waals surface area contributed by atoms with Crippen LogP contribution in [0.5, 0.6) is 11.5 Å². The molecule has 0 saturated carbocycles. The van der Waals surface area contributed by atoms with E-state index in [0.29, 0.717) is 27.0 Å². The van der Waals surface area contributed by atoms with Crippen LogP contribution in [0.3, 0.4) is 0 Å². The Kier molecular flexibility index (Phi) is 5.95. The highest BCUT2D eigenvalue weighted by atomic mass is 35.5. The summed E-state index contributed by atoms with van der Waals surface area (Å²) in [5.74, 6) is 1.16. The predicted octanol–water partition coefficient (Wildman–Crippen LogP) is 6.44. The van der Waals surface area contributed by atoms with Gasteiger partial charge in [-0.2, -0.15) is 0 Å². The summed E-state index contributed by atoms with van der Waals surface area (Å²) in [7, 11) is 0. The fourth-order valence-electron chi connectivity index (χ4n) is 2.24. The van der Waals surface area contributed by atoms with Gasteiger partial charge in [0.15, 0.2) is 0 Å². The quantitative estimate of drug-likeness (QED) is 0.514. The number of hydrogen-bond acceptors (Lipinski definition) is 2. The molecule has 26 heavy (non-hydrogen) atoms. The Hall–Kier alpha value is -2.75. The van der Waals surface area contributed by atoms with Crippen molar-refractivity contribution in [1.29, 1.82) is 0 Å². The number of ether oxygens (including phenoxy) is 1. The van der Waals surface area contributed by atoms with Crippen molar-refractivity contribution in [2.24, 2.45) is 0 Å². The minimum atomic E-state index is -0.280. The fourth-order valence-corrected chi connectivity index (χ4v) is 2.77. The van der Waals surface area contributed by atoms with Gasteiger partial charge in [-0.1, -0.05) is 47.5 Å². The Morgan fingerprint density at radius 2 is 1.42 bits per heavy atom. The molecule has 0 spiro atoms. The molecular weight excluding hydrogens is 369 g/mol. The molecule has 1 N–H and O–H groups in total. The van der Waals surface area contributed by atoms with Crippen molar-refractivity contribution in [3.05, 3.63) is 94.5 Å². The van der Waals surface area contributed by atoms with Crippen molar-refractivity contribution in [3.63, 3.8) is 0 Å². The van der Waals surface area contributed by atoms with Crippen LogP contribution in [0.1, 0.15) is 5.56 Å². The number of benzene rings is 3. The van der Waals surface area contributed by atoms with Crippen molar-refractivity contribution in [1.82, 2.24) is 0 Å². The van der Waals surface area contributed by atoms with E-state index in [9.17, 15) is 4.79 Å². The van der Waals surface area contributed by atoms with Crippen molar-refractivity contribution in [2.75, 3.05) is 5.32 Å². The van der Waals surface area contributed by atoms with Gasteiger partial charge in [0.1, 0.15) is 11.5 Å². The second kappa shape index (κ2) is 8.56. The SMILES string of the molecule is O=C(/C=C/c1c(Cl)cccc1Cl)Nc1ccc(Oc2ccccc2)cc1. The van der Waals surface area contributed by atoms with E-state index in [0.717, 1.165) is 5.75 Å². The molecule has 0 heterocycles. The van der Waals surface area contributed by atoms with Gasteiger partial charge in [0.2, 0.25) is 5.91 Å². The Bertz CT molecular complexity index is 902. The summed E-state index contributed by atoms with van der Waals surface area (Å²) in [5.41, 5.74) is 1.27. The molecule has 0 aliphatic heterocycles. The van der Waals surface area contributed by atoms with Crippen LogP contribution in [-0.4, -0.2) is 5.91 Å². The first-order chi connectivity index (χ1) is 12.6. The normalized spacial score (nSPS) is 10.7. The molecular formula is C21H15Cl2NO2. The maximum Gasteiger partial charge on any atom is 0.248 e. The van der Waals surface area contributed by atoms with Crippen LogP contribution in [0.25, 0.3) is 6.08 Å². The van der Waals surface area contributed by atoms with E-state index < -0.39 is 0 Å². The summed E-state index contributed by atoms with van der Waals surface area (Å²) in [6.45, 7) is 0. The molecule has 3 rings (SSSR count). The first-order valence-electron chi connectivity index (χ1n) is 7.88. The number of carbonyl (C=O) groups is 1. The molecule has 3 aromatic rings. The molecule has 1 amide bonds. The van der Waals surface area contributed by atoms with Gasteiger partial charge in [-0.15, -0.1) is 0 Å². The molecule has 130 valence electrons. The Balaban J connectivity index is 1.62. The minimum Gasteiger partial charge on any atom is -0.457 e. The number of nitrogens with one attached hydrogen (secondary N) is 1. The number of hydrogen-bond donors (Lipinski definition) is 1. The first-order valence-corrected chi connectivity index (χ1v) is 8.63. The molecule has 3 aromatic carbocycles. The van der Waals surface area contributed by atoms with Crippen molar-refractivity contribution in [3.8, 4) is 11.5 Å². The monoisotopic (exact) mass is 383 g/mol. The lowest BCUT2D eigenvalue weighted by molar-refractivity contribution is -0.111. The number of amides is 1. The number of anilines is 1. The molecule has 0 aromatic heterocycles. The van der Waals surface area contributed by atoms with Crippen molar-refractivity contribution < 1.29 is 9.53 Å². The lowest BCUT2D eigenvalue weighted by Crippen LogP contribution is -2.07. The topological polar surface area (TPSA) is 38.3 Å². The van der Waals surface area contributed by atoms with Gasteiger partial charge in [0.05, 0.1) is 0 Å². The summed E-state index contributed by atoms with van der Waals surface area (Å²) >= 11 is 12.2. The maximum atomic E-state index is 12.1. The lowest BCUT2D eigenvalue weighted by Gasteiger charge is -2.07. The summed E-state index contributed by atoms with van der Waals surface area (Å²) in [5, 5.41) is 3.75. The average Bonchev–Trinajstić information content (AvgIpc) is 2.64. The van der Waals surface area contributed by atoms with Crippen LogP contribution in [-0.2, 0) is 4.79 Å². The standard InChI is InChI=1S/C21H15Cl2NO2/c22-19-7-4-8-20(23)18(19)13-14-21(25)24-15-9-11-17(12-10-15)26-16-5-2-1-3-6-16/h1-14H,(H,24,25)/b14-13+. The average molecular weight is 384 g/mol. The summed E-state index contributed by atoms with van der Waals surface area (Å²) < 4.78 is 5.71. The first kappa shape index (κ1) is 18.1. The van der Waals surface area contributed by atoms with Crippen LogP contribution in [0.2, 0.25) is 10.0 Å². The van der Waals surface area contributed by atoms with Gasteiger partial charge in [-0.3, -0.25) is 4.79 Å². The van der Waals surface area contributed by atoms with Gasteiger partial charge < -0.3 is 10.1 Å². The van der Waals surface area contributed by atoms with E-state index in [1.807, 2.05) is 30.3 Å². The van der Waals surface area contributed by atoms with Crippen LogP contribution in [0.15, 0.2) is 78.9 Å². The smallest absolute Gasteiger partial charge is 0.248 e. The third kappa shape index (κ3) is 4.88. The summed E-state index contributed by atoms with van der Waals surface area (Å²) in [6, 6.07) is 21.8. The molecule has 0 saturated heterocycles. The zero-order valence-electron chi connectivity index (χ0n) is 13.7. The zero-order valence-corrected chi connectivity index (χ0v) is 15.2. The van der Waals surface area contributed by atoms with Crippen LogP contribution < -0.4 is 10.1 Å². The number of carbonyl (C=O) groups excluding carboxylic acids is 1. The van der Waals surface area contributed by atoms with E-state index in [-0.39, 0.29) is 5.91 Å². The third-order valence-corrected chi connectivity index (χ3v) is 4.16. The van der Waals surface area contributed by atoms with Crippen LogP contribution in [0, 0.1) is 0 Å². The molecule has 5 heteroatoms. The Morgan fingerprint density at radius 1 is 0.808 bits per heavy atom. The zero-order chi connectivity index (χ0) is 18.4. The maximum absolute atomic E-state index is 12.1. The van der Waals surface area contributed by atoms with Gasteiger partial charge >= 0.3 is 0 Å². The van der Waals surface area contributed by atoms with Gasteiger partial charge in [0.25, 0.3) is 0 Å². The number of para-hydroxylation sites is 1. The number of rotatable bonds is 5. The molecule has 0 aliphatic rings. The lowest BCUT2D eigenvalue weighted by atomic mass is 10.2. The third-order valence-electron chi connectivity index (χ3n) is 3.50. The highest BCUT2D eigenvalue weighted by Crippen LogP contribution is 2.26. The van der Waals surface area contributed by atoms with Crippen LogP contribution in [0.4, 0.5) is 5.69 Å². The van der Waals surface area contributed by atoms with E-state index in [1.165, 1.54) is 6.08 Å². The van der Waals surface area contributed by atoms with Gasteiger partial charge in [0, 0.05) is 27.4 Å². The van der Waals surface area contributed by atoms with E-state index in [4.69, 9.17) is 27.9 Å². The molecule has 0 atom stereocenters. The fraction of sp³-hybridized carbons (Fsp3) is 0. The summed E-state index contributed by atoms with van der Waals surface area (Å²) in [6.07, 6.45) is 2.98. The molecule has 3 nitrogen and oxygen atoms in total. The van der Waals surface area contributed by atoms with E-state index >= 15 is 0 Å². The minimum absolute atomic E-state index is 0.280. The molecule has 0 unspecified atom stereocenters. The van der Waals surface area contributed by atoms with Crippen molar-refractivity contribution in [2.45, 2.75) is 0 Å². The predicted molar refractivity (Wildman–Crippen MR) is 107 cm³/mol. The molecule has 0 fully saturated rings. The molecule has 0 radical (unpaired) electrons.